The molecule has 0 fully saturated rings. The molecule has 0 amide bonds. The highest BCUT2D eigenvalue weighted by Crippen LogP contribution is 2.20. The van der Waals surface area contributed by atoms with Gasteiger partial charge < -0.3 is 5.11 Å². The van der Waals surface area contributed by atoms with Gasteiger partial charge in [0.05, 0.1) is 10.7 Å². The smallest absolute Gasteiger partial charge is 0.244 e. The largest absolute Gasteiger partial charge is 0.507 e. The SMILES string of the molecule is Cc1nc(CCNS(=O)(=O)c2ccccc2O)cs1. The van der Waals surface area contributed by atoms with E-state index >= 15 is 0 Å². The summed E-state index contributed by atoms with van der Waals surface area (Å²) < 4.78 is 26.4. The summed E-state index contributed by atoms with van der Waals surface area (Å²) in [7, 11) is -3.68. The van der Waals surface area contributed by atoms with E-state index in [0.29, 0.717) is 6.42 Å². The molecule has 0 atom stereocenters. The maximum absolute atomic E-state index is 12.0. The van der Waals surface area contributed by atoms with E-state index in [0.717, 1.165) is 10.7 Å². The molecule has 0 spiro atoms. The average molecular weight is 298 g/mol. The fourth-order valence-electron chi connectivity index (χ4n) is 1.60. The van der Waals surface area contributed by atoms with Gasteiger partial charge in [-0.1, -0.05) is 12.1 Å². The Morgan fingerprint density at radius 3 is 2.74 bits per heavy atom. The van der Waals surface area contributed by atoms with Crippen molar-refractivity contribution in [1.82, 2.24) is 9.71 Å². The number of aromatic hydroxyl groups is 1. The van der Waals surface area contributed by atoms with Crippen LogP contribution in [0.2, 0.25) is 0 Å². The molecule has 7 heteroatoms. The lowest BCUT2D eigenvalue weighted by Gasteiger charge is -2.07. The molecular weight excluding hydrogens is 284 g/mol. The minimum Gasteiger partial charge on any atom is -0.507 e. The zero-order valence-corrected chi connectivity index (χ0v) is 12.0. The molecule has 0 saturated carbocycles. The normalized spacial score (nSPS) is 11.6. The van der Waals surface area contributed by atoms with Gasteiger partial charge in [-0.25, -0.2) is 18.1 Å². The van der Waals surface area contributed by atoms with Crippen molar-refractivity contribution < 1.29 is 13.5 Å². The van der Waals surface area contributed by atoms with Crippen LogP contribution >= 0.6 is 11.3 Å². The predicted molar refractivity (Wildman–Crippen MR) is 73.9 cm³/mol. The standard InChI is InChI=1S/C12H14N2O3S2/c1-9-14-10(8-18-9)6-7-13-19(16,17)12-5-3-2-4-11(12)15/h2-5,8,13,15H,6-7H2,1H3. The van der Waals surface area contributed by atoms with E-state index < -0.39 is 10.0 Å². The lowest BCUT2D eigenvalue weighted by Crippen LogP contribution is -2.26. The predicted octanol–water partition coefficient (Wildman–Crippen LogP) is 1.68. The zero-order valence-electron chi connectivity index (χ0n) is 10.3. The van der Waals surface area contributed by atoms with Gasteiger partial charge in [-0.2, -0.15) is 0 Å². The maximum atomic E-state index is 12.0. The Labute approximate surface area is 116 Å². The number of nitrogens with one attached hydrogen (secondary N) is 1. The number of sulfonamides is 1. The molecule has 0 aliphatic carbocycles. The number of thiazole rings is 1. The van der Waals surface area contributed by atoms with Crippen molar-refractivity contribution in [2.75, 3.05) is 6.54 Å². The fourth-order valence-corrected chi connectivity index (χ4v) is 3.37. The monoisotopic (exact) mass is 298 g/mol. The quantitative estimate of drug-likeness (QED) is 0.880. The van der Waals surface area contributed by atoms with Crippen molar-refractivity contribution in [3.63, 3.8) is 0 Å². The Morgan fingerprint density at radius 1 is 1.37 bits per heavy atom. The summed E-state index contributed by atoms with van der Waals surface area (Å²) in [6.45, 7) is 2.15. The van der Waals surface area contributed by atoms with Crippen molar-refractivity contribution in [2.24, 2.45) is 0 Å². The molecule has 0 aliphatic rings. The second-order valence-corrected chi connectivity index (χ2v) is 6.77. The Hall–Kier alpha value is -1.44. The van der Waals surface area contributed by atoms with E-state index in [4.69, 9.17) is 0 Å². The van der Waals surface area contributed by atoms with Crippen LogP contribution in [0.3, 0.4) is 0 Å². The van der Waals surface area contributed by atoms with Crippen LogP contribution in [0.15, 0.2) is 34.5 Å². The van der Waals surface area contributed by atoms with Crippen LogP contribution in [0.1, 0.15) is 10.7 Å². The van der Waals surface area contributed by atoms with Crippen molar-refractivity contribution >= 4 is 21.4 Å². The summed E-state index contributed by atoms with van der Waals surface area (Å²) >= 11 is 1.53. The van der Waals surface area contributed by atoms with Crippen LogP contribution < -0.4 is 4.72 Å². The molecule has 2 aromatic rings. The number of hydrogen-bond acceptors (Lipinski definition) is 5. The minimum atomic E-state index is -3.68. The Balaban J connectivity index is 2.01. The molecule has 0 unspecified atom stereocenters. The third-order valence-electron chi connectivity index (χ3n) is 2.49. The Bertz CT molecular complexity index is 665. The van der Waals surface area contributed by atoms with Gasteiger partial charge in [0.1, 0.15) is 10.6 Å². The molecule has 1 heterocycles. The summed E-state index contributed by atoms with van der Waals surface area (Å²) in [6, 6.07) is 5.85. The van der Waals surface area contributed by atoms with E-state index in [9.17, 15) is 13.5 Å². The first-order chi connectivity index (χ1) is 8.99. The van der Waals surface area contributed by atoms with E-state index in [1.54, 1.807) is 12.1 Å². The Morgan fingerprint density at radius 2 is 2.11 bits per heavy atom. The minimum absolute atomic E-state index is 0.107. The molecule has 0 saturated heterocycles. The van der Waals surface area contributed by atoms with Crippen molar-refractivity contribution in [2.45, 2.75) is 18.2 Å². The van der Waals surface area contributed by atoms with Gasteiger partial charge in [0, 0.05) is 18.3 Å². The average Bonchev–Trinajstić information content (AvgIpc) is 2.75. The Kier molecular flexibility index (Phi) is 4.18. The van der Waals surface area contributed by atoms with E-state index in [1.165, 1.54) is 23.5 Å². The summed E-state index contributed by atoms with van der Waals surface area (Å²) in [4.78, 5) is 4.15. The van der Waals surface area contributed by atoms with Crippen LogP contribution in [-0.2, 0) is 16.4 Å². The van der Waals surface area contributed by atoms with E-state index in [1.807, 2.05) is 12.3 Å². The van der Waals surface area contributed by atoms with Crippen LogP contribution in [0.5, 0.6) is 5.75 Å². The highest BCUT2D eigenvalue weighted by Gasteiger charge is 2.17. The lowest BCUT2D eigenvalue weighted by atomic mass is 10.3. The number of aromatic nitrogens is 1. The van der Waals surface area contributed by atoms with Crippen LogP contribution in [0, 0.1) is 6.92 Å². The van der Waals surface area contributed by atoms with Crippen LogP contribution in [0.4, 0.5) is 0 Å². The number of para-hydroxylation sites is 1. The summed E-state index contributed by atoms with van der Waals surface area (Å²) in [5.74, 6) is -0.250. The van der Waals surface area contributed by atoms with Crippen molar-refractivity contribution in [3.05, 3.63) is 40.3 Å². The van der Waals surface area contributed by atoms with Crippen LogP contribution in [-0.4, -0.2) is 25.1 Å². The van der Waals surface area contributed by atoms with Gasteiger partial charge in [-0.15, -0.1) is 11.3 Å². The maximum Gasteiger partial charge on any atom is 0.244 e. The van der Waals surface area contributed by atoms with Gasteiger partial charge in [-0.05, 0) is 19.1 Å². The number of phenols is 1. The van der Waals surface area contributed by atoms with Crippen molar-refractivity contribution in [1.29, 1.82) is 0 Å². The molecule has 2 N–H and O–H groups in total. The first kappa shape index (κ1) is 14.0. The third-order valence-corrected chi connectivity index (χ3v) is 4.83. The fraction of sp³-hybridized carbons (Fsp3) is 0.250. The molecule has 1 aromatic heterocycles. The molecule has 1 aromatic carbocycles. The molecule has 0 bridgehead atoms. The van der Waals surface area contributed by atoms with Gasteiger partial charge >= 0.3 is 0 Å². The molecule has 0 aliphatic heterocycles. The summed E-state index contributed by atoms with van der Waals surface area (Å²) in [5.41, 5.74) is 0.863. The molecular formula is C12H14N2O3S2. The number of phenolic OH excluding ortho intramolecular Hbond substituents is 1. The highest BCUT2D eigenvalue weighted by molar-refractivity contribution is 7.89. The number of rotatable bonds is 5. The highest BCUT2D eigenvalue weighted by atomic mass is 32.2. The number of aryl methyl sites for hydroxylation is 1. The molecule has 5 nitrogen and oxygen atoms in total. The first-order valence-corrected chi connectivity index (χ1v) is 8.04. The van der Waals surface area contributed by atoms with Gasteiger partial charge in [-0.3, -0.25) is 0 Å². The van der Waals surface area contributed by atoms with Gasteiger partial charge in [0.25, 0.3) is 0 Å². The summed E-state index contributed by atoms with van der Waals surface area (Å²) in [6.07, 6.45) is 0.525. The van der Waals surface area contributed by atoms with Gasteiger partial charge in [0.2, 0.25) is 10.0 Å². The third kappa shape index (κ3) is 3.52. The lowest BCUT2D eigenvalue weighted by molar-refractivity contribution is 0.458. The first-order valence-electron chi connectivity index (χ1n) is 5.68. The van der Waals surface area contributed by atoms with E-state index in [-0.39, 0.29) is 17.2 Å². The number of benzene rings is 1. The van der Waals surface area contributed by atoms with Crippen LogP contribution in [0.25, 0.3) is 0 Å². The molecule has 102 valence electrons. The number of nitrogens with zero attached hydrogens (tertiary/aromatic N) is 1. The summed E-state index contributed by atoms with van der Waals surface area (Å²) in [5, 5.41) is 12.4. The number of hydrogen-bond donors (Lipinski definition) is 2. The molecule has 2 rings (SSSR count). The van der Waals surface area contributed by atoms with Crippen molar-refractivity contribution in [3.8, 4) is 5.75 Å². The zero-order chi connectivity index (χ0) is 13.9. The molecule has 0 radical (unpaired) electrons. The van der Waals surface area contributed by atoms with E-state index in [2.05, 4.69) is 9.71 Å². The topological polar surface area (TPSA) is 79.3 Å². The van der Waals surface area contributed by atoms with Gasteiger partial charge in [0.15, 0.2) is 0 Å². The second kappa shape index (κ2) is 5.68. The molecule has 19 heavy (non-hydrogen) atoms. The second-order valence-electron chi connectivity index (χ2n) is 3.97.